The van der Waals surface area contributed by atoms with Crippen molar-refractivity contribution >= 4 is 5.91 Å². The van der Waals surface area contributed by atoms with E-state index in [0.29, 0.717) is 19.6 Å². The van der Waals surface area contributed by atoms with Crippen molar-refractivity contribution in [2.24, 2.45) is 0 Å². The molecule has 0 atom stereocenters. The summed E-state index contributed by atoms with van der Waals surface area (Å²) in [6.45, 7) is 7.10. The van der Waals surface area contributed by atoms with Crippen LogP contribution in [0.4, 0.5) is 0 Å². The van der Waals surface area contributed by atoms with Crippen LogP contribution in [0.3, 0.4) is 0 Å². The van der Waals surface area contributed by atoms with Crippen LogP contribution >= 0.6 is 0 Å². The van der Waals surface area contributed by atoms with Crippen LogP contribution in [-0.4, -0.2) is 26.2 Å². The summed E-state index contributed by atoms with van der Waals surface area (Å²) in [6, 6.07) is 11.7. The molecule has 24 heavy (non-hydrogen) atoms. The lowest BCUT2D eigenvalue weighted by atomic mass is 10.1. The van der Waals surface area contributed by atoms with E-state index in [1.165, 1.54) is 5.56 Å². The molecule has 0 saturated carbocycles. The summed E-state index contributed by atoms with van der Waals surface area (Å²) >= 11 is 0. The van der Waals surface area contributed by atoms with Crippen molar-refractivity contribution in [1.29, 1.82) is 0 Å². The van der Waals surface area contributed by atoms with E-state index in [9.17, 15) is 4.79 Å². The van der Waals surface area contributed by atoms with E-state index in [2.05, 4.69) is 31.3 Å². The molecule has 0 aliphatic rings. The Labute approximate surface area is 143 Å². The number of rotatable bonds is 7. The molecule has 0 heterocycles. The fourth-order valence-corrected chi connectivity index (χ4v) is 2.48. The van der Waals surface area contributed by atoms with E-state index in [1.807, 2.05) is 31.2 Å². The highest BCUT2D eigenvalue weighted by Gasteiger charge is 2.07. The fourth-order valence-electron chi connectivity index (χ4n) is 2.48. The lowest BCUT2D eigenvalue weighted by Crippen LogP contribution is -2.29. The first-order valence-corrected chi connectivity index (χ1v) is 8.10. The van der Waals surface area contributed by atoms with Gasteiger partial charge < -0.3 is 14.8 Å². The molecule has 0 aliphatic carbocycles. The Hall–Kier alpha value is -2.49. The van der Waals surface area contributed by atoms with Crippen LogP contribution in [0.25, 0.3) is 0 Å². The van der Waals surface area contributed by atoms with E-state index in [-0.39, 0.29) is 5.91 Å². The molecule has 2 aromatic rings. The molecule has 1 N–H and O–H groups in total. The molecular formula is C20H25NO3. The van der Waals surface area contributed by atoms with Crippen LogP contribution in [-0.2, 0) is 11.2 Å². The van der Waals surface area contributed by atoms with Gasteiger partial charge in [0, 0.05) is 0 Å². The van der Waals surface area contributed by atoms with Crippen molar-refractivity contribution in [3.63, 3.8) is 0 Å². The monoisotopic (exact) mass is 327 g/mol. The quantitative estimate of drug-likeness (QED) is 0.793. The van der Waals surface area contributed by atoms with Gasteiger partial charge in [-0.05, 0) is 55.2 Å². The maximum atomic E-state index is 12.0. The summed E-state index contributed by atoms with van der Waals surface area (Å²) in [6.07, 6.45) is 0.354. The lowest BCUT2D eigenvalue weighted by molar-refractivity contribution is -0.120. The zero-order valence-electron chi connectivity index (χ0n) is 14.8. The fraction of sp³-hybridized carbons (Fsp3) is 0.350. The predicted octanol–water partition coefficient (Wildman–Crippen LogP) is 3.36. The highest BCUT2D eigenvalue weighted by molar-refractivity contribution is 5.78. The highest BCUT2D eigenvalue weighted by Crippen LogP contribution is 2.25. The maximum Gasteiger partial charge on any atom is 0.224 e. The number of aryl methyl sites for hydroxylation is 2. The molecule has 4 nitrogen and oxygen atoms in total. The minimum absolute atomic E-state index is 0.0125. The summed E-state index contributed by atoms with van der Waals surface area (Å²) in [7, 11) is 1.62. The first-order valence-electron chi connectivity index (χ1n) is 8.10. The molecule has 0 radical (unpaired) electrons. The summed E-state index contributed by atoms with van der Waals surface area (Å²) in [5.74, 6) is 1.69. The average molecular weight is 327 g/mol. The van der Waals surface area contributed by atoms with Crippen molar-refractivity contribution in [2.75, 3.05) is 20.3 Å². The third kappa shape index (κ3) is 4.75. The predicted molar refractivity (Wildman–Crippen MR) is 95.9 cm³/mol. The topological polar surface area (TPSA) is 47.6 Å². The van der Waals surface area contributed by atoms with Crippen LogP contribution in [0, 0.1) is 20.8 Å². The van der Waals surface area contributed by atoms with Gasteiger partial charge in [0.1, 0.15) is 18.1 Å². The lowest BCUT2D eigenvalue weighted by Gasteiger charge is -2.14. The van der Waals surface area contributed by atoms with Crippen LogP contribution in [0.15, 0.2) is 36.4 Å². The average Bonchev–Trinajstić information content (AvgIpc) is 2.58. The smallest absolute Gasteiger partial charge is 0.224 e. The molecule has 0 spiro atoms. The second-order valence-corrected chi connectivity index (χ2v) is 5.88. The molecular weight excluding hydrogens is 302 g/mol. The number of carbonyl (C=O) groups excluding carboxylic acids is 1. The Bertz CT molecular complexity index is 693. The van der Waals surface area contributed by atoms with Gasteiger partial charge in [-0.25, -0.2) is 0 Å². The Morgan fingerprint density at radius 1 is 1.00 bits per heavy atom. The number of amides is 1. The van der Waals surface area contributed by atoms with Crippen LogP contribution in [0.1, 0.15) is 22.3 Å². The van der Waals surface area contributed by atoms with Crippen molar-refractivity contribution in [3.8, 4) is 11.5 Å². The Morgan fingerprint density at radius 2 is 1.67 bits per heavy atom. The minimum atomic E-state index is -0.0125. The third-order valence-electron chi connectivity index (χ3n) is 4.07. The van der Waals surface area contributed by atoms with Crippen molar-refractivity contribution < 1.29 is 14.3 Å². The molecule has 0 unspecified atom stereocenters. The Balaban J connectivity index is 1.78. The summed E-state index contributed by atoms with van der Waals surface area (Å²) in [5, 5.41) is 2.89. The van der Waals surface area contributed by atoms with Gasteiger partial charge in [0.05, 0.1) is 20.1 Å². The number of carbonyl (C=O) groups is 1. The molecule has 0 aliphatic heterocycles. The molecule has 0 saturated heterocycles. The molecule has 1 amide bonds. The normalized spacial score (nSPS) is 10.3. The number of methoxy groups -OCH3 is 1. The first-order chi connectivity index (χ1) is 11.5. The van der Waals surface area contributed by atoms with Gasteiger partial charge in [0.25, 0.3) is 0 Å². The van der Waals surface area contributed by atoms with Gasteiger partial charge in [-0.15, -0.1) is 0 Å². The largest absolute Gasteiger partial charge is 0.497 e. The third-order valence-corrected chi connectivity index (χ3v) is 4.07. The second-order valence-electron chi connectivity index (χ2n) is 5.88. The molecule has 2 rings (SSSR count). The zero-order valence-corrected chi connectivity index (χ0v) is 14.8. The van der Waals surface area contributed by atoms with E-state index >= 15 is 0 Å². The van der Waals surface area contributed by atoms with E-state index in [1.54, 1.807) is 7.11 Å². The number of nitrogens with one attached hydrogen (secondary N) is 1. The zero-order chi connectivity index (χ0) is 17.5. The van der Waals surface area contributed by atoms with Gasteiger partial charge in [-0.3, -0.25) is 4.79 Å². The van der Waals surface area contributed by atoms with Gasteiger partial charge in [-0.1, -0.05) is 24.3 Å². The van der Waals surface area contributed by atoms with Crippen LogP contribution in [0.2, 0.25) is 0 Å². The maximum absolute atomic E-state index is 12.0. The summed E-state index contributed by atoms with van der Waals surface area (Å²) in [5.41, 5.74) is 4.43. The van der Waals surface area contributed by atoms with Gasteiger partial charge in [0.2, 0.25) is 5.91 Å². The summed E-state index contributed by atoms with van der Waals surface area (Å²) in [4.78, 5) is 12.0. The number of hydrogen-bond acceptors (Lipinski definition) is 3. The highest BCUT2D eigenvalue weighted by atomic mass is 16.5. The number of ether oxygens (including phenoxy) is 2. The van der Waals surface area contributed by atoms with Crippen LogP contribution in [0.5, 0.6) is 11.5 Å². The first kappa shape index (κ1) is 17.9. The molecule has 4 heteroatoms. The number of hydrogen-bond donors (Lipinski definition) is 1. The Kier molecular flexibility index (Phi) is 6.24. The Morgan fingerprint density at radius 3 is 2.33 bits per heavy atom. The van der Waals surface area contributed by atoms with Crippen molar-refractivity contribution in [1.82, 2.24) is 5.32 Å². The molecule has 0 aromatic heterocycles. The minimum Gasteiger partial charge on any atom is -0.497 e. The van der Waals surface area contributed by atoms with E-state index < -0.39 is 0 Å². The SMILES string of the molecule is COc1ccc(CC(=O)NCCOc2c(C)ccc(C)c2C)cc1. The van der Waals surface area contributed by atoms with Gasteiger partial charge >= 0.3 is 0 Å². The van der Waals surface area contributed by atoms with Gasteiger partial charge in [0.15, 0.2) is 0 Å². The second kappa shape index (κ2) is 8.39. The molecule has 0 bridgehead atoms. The van der Waals surface area contributed by atoms with Crippen molar-refractivity contribution in [3.05, 3.63) is 58.7 Å². The summed E-state index contributed by atoms with van der Waals surface area (Å²) < 4.78 is 11.0. The number of benzene rings is 2. The van der Waals surface area contributed by atoms with Crippen molar-refractivity contribution in [2.45, 2.75) is 27.2 Å². The molecule has 0 fully saturated rings. The van der Waals surface area contributed by atoms with E-state index in [4.69, 9.17) is 9.47 Å². The standard InChI is InChI=1S/C20H25NO3/c1-14-5-6-15(2)20(16(14)3)24-12-11-21-19(22)13-17-7-9-18(23-4)10-8-17/h5-10H,11-13H2,1-4H3,(H,21,22). The van der Waals surface area contributed by atoms with E-state index in [0.717, 1.165) is 28.2 Å². The molecule has 128 valence electrons. The van der Waals surface area contributed by atoms with Gasteiger partial charge in [-0.2, -0.15) is 0 Å². The molecule has 2 aromatic carbocycles. The van der Waals surface area contributed by atoms with Crippen LogP contribution < -0.4 is 14.8 Å².